The minimum atomic E-state index is -6.00. The molecular formula is C7H4BF4MnO3S-. The third-order valence-corrected chi connectivity index (χ3v) is 1.05. The Morgan fingerprint density at radius 1 is 0.765 bits per heavy atom. The van der Waals surface area contributed by atoms with Crippen LogP contribution in [0.15, 0.2) is 22.9 Å². The molecule has 1 radical (unpaired) electrons. The van der Waals surface area contributed by atoms with E-state index in [0.29, 0.717) is 0 Å². The summed E-state index contributed by atoms with van der Waals surface area (Å²) in [6.07, 6.45) is 0. The molecule has 0 saturated carbocycles. The number of rotatable bonds is 0. The molecule has 0 aliphatic rings. The summed E-state index contributed by atoms with van der Waals surface area (Å²) in [5, 5.41) is 4.08. The largest absolute Gasteiger partial charge is 0.152 e. The van der Waals surface area contributed by atoms with Gasteiger partial charge in [0.05, 0.1) is 0 Å². The average molecular weight is 310 g/mol. The van der Waals surface area contributed by atoms with Crippen molar-refractivity contribution in [3.63, 3.8) is 0 Å². The first-order chi connectivity index (χ1) is 7.50. The van der Waals surface area contributed by atoms with Gasteiger partial charge in [0, 0.05) is 17.1 Å². The Kier molecular flexibility index (Phi) is 51.7. The summed E-state index contributed by atoms with van der Waals surface area (Å²) < 4.78 is 61.5. The molecule has 10 heteroatoms. The van der Waals surface area contributed by atoms with Crippen LogP contribution in [0.3, 0.4) is 0 Å². The van der Waals surface area contributed by atoms with Crippen molar-refractivity contribution in [2.45, 2.75) is 0 Å². The van der Waals surface area contributed by atoms with Crippen LogP contribution in [0.25, 0.3) is 0 Å². The number of thiophene rings is 1. The Bertz CT molecular complexity index is 223. The average Bonchev–Trinajstić information content (AvgIpc) is 2.82. The molecule has 3 nitrogen and oxygen atoms in total. The summed E-state index contributed by atoms with van der Waals surface area (Å²) in [6, 6.07) is 4.04. The third-order valence-electron chi connectivity index (χ3n) is 0.425. The van der Waals surface area contributed by atoms with E-state index in [9.17, 15) is 17.3 Å². The number of halogens is 4. The summed E-state index contributed by atoms with van der Waals surface area (Å²) in [5.41, 5.74) is 0. The molecule has 0 aliphatic heterocycles. The maximum Gasteiger partial charge on any atom is 0 e. The van der Waals surface area contributed by atoms with Gasteiger partial charge in [-0.05, 0) is 10.8 Å². The first kappa shape index (κ1) is 29.8. The summed E-state index contributed by atoms with van der Waals surface area (Å²) in [5.74, 6) is 0. The zero-order valence-corrected chi connectivity index (χ0v) is 9.91. The molecule has 17 heavy (non-hydrogen) atoms. The predicted octanol–water partition coefficient (Wildman–Crippen LogP) is 2.93. The first-order valence-corrected chi connectivity index (χ1v) is 3.90. The Morgan fingerprint density at radius 3 is 1.00 bits per heavy atom. The molecule has 0 fully saturated rings. The van der Waals surface area contributed by atoms with Gasteiger partial charge >= 0.3 is 41.2 Å². The van der Waals surface area contributed by atoms with E-state index in [1.807, 2.05) is 22.9 Å². The fourth-order valence-electron chi connectivity index (χ4n) is 0.227. The van der Waals surface area contributed by atoms with Crippen molar-refractivity contribution in [3.05, 3.63) is 42.8 Å². The van der Waals surface area contributed by atoms with E-state index >= 15 is 0 Å². The molecule has 0 aliphatic carbocycles. The maximum atomic E-state index is 9.75. The summed E-state index contributed by atoms with van der Waals surface area (Å²) >= 11 is 1.71. The van der Waals surface area contributed by atoms with Crippen LogP contribution in [0, 0.1) is 20.0 Å². The smallest absolute Gasteiger partial charge is 0 e. The number of hydrogen-bond acceptors (Lipinski definition) is 1. The van der Waals surface area contributed by atoms with E-state index < -0.39 is 7.25 Å². The Balaban J connectivity index is -0.0000000380. The molecule has 1 heterocycles. The van der Waals surface area contributed by atoms with Crippen LogP contribution in [-0.4, -0.2) is 7.25 Å². The minimum absolute atomic E-state index is 0. The maximum absolute atomic E-state index is 9.75. The van der Waals surface area contributed by atoms with E-state index in [4.69, 9.17) is 14.0 Å². The monoisotopic (exact) mass is 310 g/mol. The molecule has 1 aromatic rings. The van der Waals surface area contributed by atoms with Gasteiger partial charge < -0.3 is 17.3 Å². The Morgan fingerprint density at radius 2 is 0.941 bits per heavy atom. The predicted molar refractivity (Wildman–Crippen MR) is 46.3 cm³/mol. The van der Waals surface area contributed by atoms with Gasteiger partial charge in [-0.15, -0.1) is 0 Å². The van der Waals surface area contributed by atoms with Crippen LogP contribution in [-0.2, 0) is 31.0 Å². The molecule has 95 valence electrons. The van der Waals surface area contributed by atoms with E-state index in [1.165, 1.54) is 0 Å². The summed E-state index contributed by atoms with van der Waals surface area (Å²) in [4.78, 5) is 0. The molecule has 0 saturated heterocycles. The molecule has 0 bridgehead atoms. The molecule has 0 N–H and O–H groups in total. The topological polar surface area (TPSA) is 59.7 Å². The molecule has 0 aromatic carbocycles. The normalized spacial score (nSPS) is 6.24. The third kappa shape index (κ3) is 149. The van der Waals surface area contributed by atoms with Gasteiger partial charge in [0.1, 0.15) is 0 Å². The zero-order chi connectivity index (χ0) is 14.0. The molecule has 0 unspecified atom stereocenters. The molecule has 0 spiro atoms. The van der Waals surface area contributed by atoms with Crippen LogP contribution in [0.2, 0.25) is 0 Å². The van der Waals surface area contributed by atoms with E-state index in [0.717, 1.165) is 0 Å². The van der Waals surface area contributed by atoms with Crippen molar-refractivity contribution >= 4 is 18.6 Å². The second-order valence-corrected chi connectivity index (χ2v) is 2.10. The second kappa shape index (κ2) is 29.5. The SMILES string of the molecule is F[B-](F)(F)F.[C-]#[O+].[C-]#[O+].[C-]#[O+].[Mn].c1ccsc1. The van der Waals surface area contributed by atoms with Gasteiger partial charge in [0.2, 0.25) is 0 Å². The quantitative estimate of drug-likeness (QED) is 0.306. The molecule has 1 rings (SSSR count). The van der Waals surface area contributed by atoms with Gasteiger partial charge in [0.15, 0.2) is 0 Å². The van der Waals surface area contributed by atoms with Crippen LogP contribution >= 0.6 is 11.3 Å². The van der Waals surface area contributed by atoms with Crippen LogP contribution in [0.1, 0.15) is 0 Å². The van der Waals surface area contributed by atoms with Gasteiger partial charge in [-0.3, -0.25) is 0 Å². The summed E-state index contributed by atoms with van der Waals surface area (Å²) in [6.45, 7) is 13.5. The van der Waals surface area contributed by atoms with E-state index in [2.05, 4.69) is 20.0 Å². The summed E-state index contributed by atoms with van der Waals surface area (Å²) in [7, 11) is -6.00. The molecular weight excluding hydrogens is 306 g/mol. The van der Waals surface area contributed by atoms with E-state index in [-0.39, 0.29) is 17.1 Å². The first-order valence-electron chi connectivity index (χ1n) is 2.96. The van der Waals surface area contributed by atoms with Gasteiger partial charge in [-0.2, -0.15) is 11.3 Å². The zero-order valence-electron chi connectivity index (χ0n) is 7.91. The van der Waals surface area contributed by atoms with Gasteiger partial charge in [0.25, 0.3) is 0 Å². The fourth-order valence-corrected chi connectivity index (χ4v) is 0.680. The minimum Gasteiger partial charge on any atom is -0.152 e. The van der Waals surface area contributed by atoms with Crippen LogP contribution < -0.4 is 0 Å². The molecule has 0 atom stereocenters. The van der Waals surface area contributed by atoms with Crippen molar-refractivity contribution < 1.29 is 48.3 Å². The molecule has 1 aromatic heterocycles. The van der Waals surface area contributed by atoms with Crippen LogP contribution in [0.5, 0.6) is 0 Å². The van der Waals surface area contributed by atoms with E-state index in [1.54, 1.807) is 11.3 Å². The van der Waals surface area contributed by atoms with Crippen molar-refractivity contribution in [2.24, 2.45) is 0 Å². The standard InChI is InChI=1S/C4H4S.3CO.BF4.Mn/c1-2-4-5-3-1;3*1-2;2-1(3,4)5;/h1-4H;;;;;/q;;;;-1;. The van der Waals surface area contributed by atoms with Gasteiger partial charge in [-0.1, -0.05) is 12.1 Å². The number of hydrogen-bond donors (Lipinski definition) is 0. The molecule has 0 amide bonds. The van der Waals surface area contributed by atoms with Crippen molar-refractivity contribution in [2.75, 3.05) is 0 Å². The fraction of sp³-hybridized carbons (Fsp3) is 0. The second-order valence-electron chi connectivity index (χ2n) is 1.29. The van der Waals surface area contributed by atoms with Gasteiger partial charge in [-0.25, -0.2) is 0 Å². The Labute approximate surface area is 110 Å². The van der Waals surface area contributed by atoms with Crippen molar-refractivity contribution in [1.82, 2.24) is 0 Å². The Hall–Kier alpha value is -0.776. The van der Waals surface area contributed by atoms with Crippen molar-refractivity contribution in [3.8, 4) is 0 Å². The van der Waals surface area contributed by atoms with Crippen molar-refractivity contribution in [1.29, 1.82) is 0 Å². The van der Waals surface area contributed by atoms with Crippen LogP contribution in [0.4, 0.5) is 17.3 Å².